The summed E-state index contributed by atoms with van der Waals surface area (Å²) in [4.78, 5) is 11.6. The summed E-state index contributed by atoms with van der Waals surface area (Å²) in [6, 6.07) is 0. The second-order valence-corrected chi connectivity index (χ2v) is 12.9. The second kappa shape index (κ2) is 10.5. The summed E-state index contributed by atoms with van der Waals surface area (Å²) >= 11 is 0. The Morgan fingerprint density at radius 2 is 1.76 bits per heavy atom. The van der Waals surface area contributed by atoms with Crippen molar-refractivity contribution in [3.8, 4) is 0 Å². The van der Waals surface area contributed by atoms with E-state index in [1.807, 2.05) is 0 Å². The number of ether oxygens (including phenoxy) is 3. The molecule has 37 heavy (non-hydrogen) atoms. The van der Waals surface area contributed by atoms with Crippen molar-refractivity contribution in [1.29, 1.82) is 0 Å². The molecule has 4 aliphatic rings. The van der Waals surface area contributed by atoms with Crippen molar-refractivity contribution in [2.45, 2.75) is 116 Å². The molecule has 2 saturated carbocycles. The average molecular weight is 527 g/mol. The molecule has 0 aromatic heterocycles. The first-order valence-electron chi connectivity index (χ1n) is 13.7. The Kier molecular flexibility index (Phi) is 8.20. The van der Waals surface area contributed by atoms with Crippen LogP contribution >= 0.6 is 0 Å². The van der Waals surface area contributed by atoms with Gasteiger partial charge in [-0.25, -0.2) is 0 Å². The number of carbonyl (C=O) groups is 1. The van der Waals surface area contributed by atoms with E-state index in [0.717, 1.165) is 38.5 Å². The normalized spacial score (nSPS) is 46.3. The second-order valence-electron chi connectivity index (χ2n) is 12.9. The molecule has 0 amide bonds. The van der Waals surface area contributed by atoms with E-state index in [1.165, 1.54) is 12.5 Å². The molecule has 9 nitrogen and oxygen atoms in total. The fourth-order valence-corrected chi connectivity index (χ4v) is 8.15. The van der Waals surface area contributed by atoms with E-state index in [9.17, 15) is 30.3 Å². The topological polar surface area (TPSA) is 146 Å². The number of fused-ring (bicyclic) bond motifs is 3. The SMILES string of the molecule is CC(=O)O[C@@H](CO)[C@]1(C)C=C2CCC3C(C)(C)[C@H](O[C@@H]4O[C@H](CO)[C@@H](O)[C@H](O)[C@H]4O)CC[C@@]3(C)C2CC1. The van der Waals surface area contributed by atoms with E-state index in [-0.39, 0.29) is 29.5 Å². The van der Waals surface area contributed by atoms with Crippen LogP contribution in [0.25, 0.3) is 0 Å². The van der Waals surface area contributed by atoms with Gasteiger partial charge in [-0.2, -0.15) is 0 Å². The molecule has 0 aromatic carbocycles. The number of esters is 1. The summed E-state index contributed by atoms with van der Waals surface area (Å²) in [6.45, 7) is 9.55. The van der Waals surface area contributed by atoms with E-state index in [2.05, 4.69) is 33.8 Å². The third-order valence-corrected chi connectivity index (χ3v) is 10.3. The third kappa shape index (κ3) is 5.01. The van der Waals surface area contributed by atoms with Crippen LogP contribution in [0.3, 0.4) is 0 Å². The van der Waals surface area contributed by atoms with Gasteiger partial charge in [0.1, 0.15) is 30.5 Å². The molecule has 1 aliphatic heterocycles. The number of aliphatic hydroxyl groups excluding tert-OH is 5. The molecule has 0 spiro atoms. The summed E-state index contributed by atoms with van der Waals surface area (Å²) in [5, 5.41) is 50.4. The molecule has 5 N–H and O–H groups in total. The van der Waals surface area contributed by atoms with Crippen molar-refractivity contribution in [3.63, 3.8) is 0 Å². The fourth-order valence-electron chi connectivity index (χ4n) is 8.15. The molecule has 212 valence electrons. The number of hydrogen-bond donors (Lipinski definition) is 5. The van der Waals surface area contributed by atoms with Crippen molar-refractivity contribution < 1.29 is 44.5 Å². The van der Waals surface area contributed by atoms with Gasteiger partial charge in [0, 0.05) is 12.3 Å². The Morgan fingerprint density at radius 1 is 1.05 bits per heavy atom. The van der Waals surface area contributed by atoms with Gasteiger partial charge < -0.3 is 39.7 Å². The van der Waals surface area contributed by atoms with Crippen LogP contribution in [-0.2, 0) is 19.0 Å². The highest BCUT2D eigenvalue weighted by atomic mass is 16.7. The van der Waals surface area contributed by atoms with Crippen molar-refractivity contribution in [2.24, 2.45) is 28.1 Å². The predicted molar refractivity (Wildman–Crippen MR) is 134 cm³/mol. The molecule has 0 bridgehead atoms. The van der Waals surface area contributed by atoms with Gasteiger partial charge in [0.05, 0.1) is 19.3 Å². The van der Waals surface area contributed by atoms with Gasteiger partial charge in [-0.05, 0) is 61.2 Å². The summed E-state index contributed by atoms with van der Waals surface area (Å²) in [6.07, 6.45) is 0.457. The Bertz CT molecular complexity index is 872. The maximum absolute atomic E-state index is 11.6. The maximum atomic E-state index is 11.6. The summed E-state index contributed by atoms with van der Waals surface area (Å²) < 4.78 is 17.5. The molecule has 2 unspecified atom stereocenters. The van der Waals surface area contributed by atoms with Gasteiger partial charge in [-0.3, -0.25) is 4.79 Å². The Balaban J connectivity index is 1.52. The quantitative estimate of drug-likeness (QED) is 0.198. The minimum absolute atomic E-state index is 0.0420. The third-order valence-electron chi connectivity index (χ3n) is 10.3. The lowest BCUT2D eigenvalue weighted by molar-refractivity contribution is -0.327. The van der Waals surface area contributed by atoms with Gasteiger partial charge in [-0.1, -0.05) is 39.3 Å². The summed E-state index contributed by atoms with van der Waals surface area (Å²) in [7, 11) is 0. The zero-order valence-electron chi connectivity index (χ0n) is 22.8. The van der Waals surface area contributed by atoms with Crippen molar-refractivity contribution in [1.82, 2.24) is 0 Å². The van der Waals surface area contributed by atoms with Gasteiger partial charge in [0.2, 0.25) is 0 Å². The van der Waals surface area contributed by atoms with Crippen LogP contribution in [0.4, 0.5) is 0 Å². The Morgan fingerprint density at radius 3 is 2.38 bits per heavy atom. The van der Waals surface area contributed by atoms with Gasteiger partial charge >= 0.3 is 5.97 Å². The Labute approximate surface area is 219 Å². The molecule has 3 aliphatic carbocycles. The van der Waals surface area contributed by atoms with E-state index >= 15 is 0 Å². The van der Waals surface area contributed by atoms with E-state index in [1.54, 1.807) is 0 Å². The first-order valence-corrected chi connectivity index (χ1v) is 13.7. The van der Waals surface area contributed by atoms with Crippen LogP contribution in [-0.4, -0.2) is 87.6 Å². The van der Waals surface area contributed by atoms with Gasteiger partial charge in [0.15, 0.2) is 6.29 Å². The number of hydrogen-bond acceptors (Lipinski definition) is 9. The van der Waals surface area contributed by atoms with Crippen molar-refractivity contribution >= 4 is 5.97 Å². The van der Waals surface area contributed by atoms with Crippen LogP contribution in [0.1, 0.15) is 73.1 Å². The standard InChI is InChI=1S/C28H46O9/c1-15(31)35-21(14-30)27(4)10-8-17-16(12-27)6-7-19-26(2,3)20(9-11-28(17,19)5)37-25-24(34)23(33)22(32)18(13-29)36-25/h12,17-25,29-30,32-34H,6-11,13-14H2,1-5H3/t17?,18-,19?,20-,21+,22-,23+,24-,25+,27+,28+/m1/s1. The first-order chi connectivity index (χ1) is 17.3. The van der Waals surface area contributed by atoms with Crippen LogP contribution in [0.5, 0.6) is 0 Å². The molecule has 3 fully saturated rings. The molecule has 1 heterocycles. The lowest BCUT2D eigenvalue weighted by atomic mass is 9.45. The van der Waals surface area contributed by atoms with Gasteiger partial charge in [-0.15, -0.1) is 0 Å². The highest BCUT2D eigenvalue weighted by Gasteiger charge is 2.59. The minimum Gasteiger partial charge on any atom is -0.459 e. The molecular formula is C28H46O9. The molecule has 0 radical (unpaired) electrons. The highest BCUT2D eigenvalue weighted by molar-refractivity contribution is 5.66. The molecule has 4 rings (SSSR count). The first kappa shape index (κ1) is 28.9. The number of rotatable bonds is 6. The molecule has 9 heteroatoms. The smallest absolute Gasteiger partial charge is 0.303 e. The lowest BCUT2D eigenvalue weighted by Gasteiger charge is -2.62. The molecule has 1 saturated heterocycles. The Hall–Kier alpha value is -1.07. The minimum atomic E-state index is -1.46. The van der Waals surface area contributed by atoms with Crippen LogP contribution < -0.4 is 0 Å². The van der Waals surface area contributed by atoms with E-state index < -0.39 is 48.8 Å². The summed E-state index contributed by atoms with van der Waals surface area (Å²) in [5.41, 5.74) is 0.792. The largest absolute Gasteiger partial charge is 0.459 e. The molecular weight excluding hydrogens is 480 g/mol. The van der Waals surface area contributed by atoms with Crippen molar-refractivity contribution in [2.75, 3.05) is 13.2 Å². The van der Waals surface area contributed by atoms with Crippen LogP contribution in [0.2, 0.25) is 0 Å². The zero-order chi connectivity index (χ0) is 27.3. The lowest BCUT2D eigenvalue weighted by Crippen LogP contribution is -2.62. The number of allylic oxidation sites excluding steroid dienone is 1. The zero-order valence-corrected chi connectivity index (χ0v) is 22.8. The summed E-state index contributed by atoms with van der Waals surface area (Å²) in [5.74, 6) is 0.358. The molecule has 0 aromatic rings. The predicted octanol–water partition coefficient (Wildman–Crippen LogP) is 1.67. The van der Waals surface area contributed by atoms with Crippen molar-refractivity contribution in [3.05, 3.63) is 11.6 Å². The molecule has 11 atom stereocenters. The maximum Gasteiger partial charge on any atom is 0.303 e. The highest BCUT2D eigenvalue weighted by Crippen LogP contribution is 2.64. The van der Waals surface area contributed by atoms with Crippen LogP contribution in [0.15, 0.2) is 11.6 Å². The van der Waals surface area contributed by atoms with Crippen LogP contribution in [0, 0.1) is 28.1 Å². The average Bonchev–Trinajstić information content (AvgIpc) is 2.83. The van der Waals surface area contributed by atoms with E-state index in [0.29, 0.717) is 11.8 Å². The van der Waals surface area contributed by atoms with E-state index in [4.69, 9.17) is 14.2 Å². The number of aliphatic hydroxyl groups is 5. The number of carbonyl (C=O) groups excluding carboxylic acids is 1. The van der Waals surface area contributed by atoms with Gasteiger partial charge in [0.25, 0.3) is 0 Å². The monoisotopic (exact) mass is 526 g/mol. The fraction of sp³-hybridized carbons (Fsp3) is 0.893.